The van der Waals surface area contributed by atoms with Crippen LogP contribution in [0.25, 0.3) is 10.2 Å². The Hall–Kier alpha value is -1.29. The lowest BCUT2D eigenvalue weighted by atomic mass is 9.87. The van der Waals surface area contributed by atoms with E-state index in [0.717, 1.165) is 21.6 Å². The zero-order valence-corrected chi connectivity index (χ0v) is 9.73. The number of thiazole rings is 1. The van der Waals surface area contributed by atoms with Crippen molar-refractivity contribution in [2.75, 3.05) is 0 Å². The van der Waals surface area contributed by atoms with Crippen molar-refractivity contribution in [1.82, 2.24) is 4.98 Å². The molecule has 15 heavy (non-hydrogen) atoms. The Morgan fingerprint density at radius 3 is 2.60 bits per heavy atom. The van der Waals surface area contributed by atoms with Gasteiger partial charge in [0.25, 0.3) is 0 Å². The number of fused-ring (bicyclic) bond motifs is 1. The van der Waals surface area contributed by atoms with E-state index in [9.17, 15) is 9.90 Å². The minimum atomic E-state index is -0.128. The summed E-state index contributed by atoms with van der Waals surface area (Å²) in [5.74, 6) is 0.136. The fourth-order valence-electron chi connectivity index (χ4n) is 1.61. The summed E-state index contributed by atoms with van der Waals surface area (Å²) in [7, 11) is 0. The molecule has 0 aliphatic heterocycles. The molecule has 0 atom stereocenters. The lowest BCUT2D eigenvalue weighted by molar-refractivity contribution is 0.479. The van der Waals surface area contributed by atoms with Gasteiger partial charge < -0.3 is 10.1 Å². The average molecular weight is 223 g/mol. The Balaban J connectivity index is 2.89. The van der Waals surface area contributed by atoms with Crippen LogP contribution in [0.15, 0.2) is 16.9 Å². The van der Waals surface area contributed by atoms with E-state index < -0.39 is 0 Å². The highest BCUT2D eigenvalue weighted by Gasteiger charge is 2.19. The molecule has 1 aromatic heterocycles. The Bertz CT molecular complexity index is 560. The van der Waals surface area contributed by atoms with Gasteiger partial charge in [0.1, 0.15) is 11.3 Å². The van der Waals surface area contributed by atoms with Gasteiger partial charge in [-0.1, -0.05) is 38.2 Å². The molecular weight excluding hydrogens is 210 g/mol. The number of nitrogens with one attached hydrogen (secondary N) is 1. The Labute approximate surface area is 91.4 Å². The minimum Gasteiger partial charge on any atom is -0.506 e. The highest BCUT2D eigenvalue weighted by molar-refractivity contribution is 7.16. The van der Waals surface area contributed by atoms with Crippen molar-refractivity contribution >= 4 is 21.6 Å². The van der Waals surface area contributed by atoms with Crippen molar-refractivity contribution in [3.8, 4) is 5.75 Å². The third-order valence-electron chi connectivity index (χ3n) is 2.37. The van der Waals surface area contributed by atoms with E-state index in [0.29, 0.717) is 5.52 Å². The second-order valence-corrected chi connectivity index (χ2v) is 5.58. The van der Waals surface area contributed by atoms with Crippen LogP contribution in [0.1, 0.15) is 26.3 Å². The molecule has 0 fully saturated rings. The van der Waals surface area contributed by atoms with Gasteiger partial charge >= 0.3 is 4.87 Å². The molecule has 4 heteroatoms. The molecule has 0 amide bonds. The number of hydrogen-bond donors (Lipinski definition) is 2. The molecule has 0 unspecified atom stereocenters. The Morgan fingerprint density at radius 1 is 1.33 bits per heavy atom. The fourth-order valence-corrected chi connectivity index (χ4v) is 2.69. The van der Waals surface area contributed by atoms with Gasteiger partial charge in [-0.15, -0.1) is 0 Å². The van der Waals surface area contributed by atoms with Gasteiger partial charge in [0.15, 0.2) is 0 Å². The summed E-state index contributed by atoms with van der Waals surface area (Å²) in [5.41, 5.74) is 1.60. The van der Waals surface area contributed by atoms with Crippen LogP contribution in [0.5, 0.6) is 5.75 Å². The molecule has 0 bridgehead atoms. The van der Waals surface area contributed by atoms with E-state index in [1.807, 2.05) is 6.07 Å². The van der Waals surface area contributed by atoms with Gasteiger partial charge in [0, 0.05) is 0 Å². The lowest BCUT2D eigenvalue weighted by Crippen LogP contribution is -2.10. The summed E-state index contributed by atoms with van der Waals surface area (Å²) in [4.78, 5) is 13.8. The third kappa shape index (κ3) is 1.65. The van der Waals surface area contributed by atoms with E-state index in [1.165, 1.54) is 0 Å². The smallest absolute Gasteiger partial charge is 0.305 e. The molecule has 1 aromatic carbocycles. The number of rotatable bonds is 0. The normalized spacial score (nSPS) is 12.2. The van der Waals surface area contributed by atoms with Crippen LogP contribution >= 0.6 is 11.3 Å². The van der Waals surface area contributed by atoms with Crippen molar-refractivity contribution in [3.05, 3.63) is 27.4 Å². The summed E-state index contributed by atoms with van der Waals surface area (Å²) < 4.78 is 0.854. The first-order valence-electron chi connectivity index (χ1n) is 4.75. The highest BCUT2D eigenvalue weighted by Crippen LogP contribution is 2.34. The second-order valence-electron chi connectivity index (χ2n) is 4.60. The highest BCUT2D eigenvalue weighted by atomic mass is 32.1. The van der Waals surface area contributed by atoms with Crippen molar-refractivity contribution in [3.63, 3.8) is 0 Å². The maximum Gasteiger partial charge on any atom is 0.305 e. The largest absolute Gasteiger partial charge is 0.506 e. The number of phenols is 1. The number of phenolic OH excluding ortho intramolecular Hbond substituents is 1. The van der Waals surface area contributed by atoms with Crippen molar-refractivity contribution in [2.45, 2.75) is 26.2 Å². The topological polar surface area (TPSA) is 53.1 Å². The SMILES string of the molecule is CC(C)(C)c1ccc(O)c2[nH]c(=O)sc12. The van der Waals surface area contributed by atoms with Crippen molar-refractivity contribution < 1.29 is 5.11 Å². The second kappa shape index (κ2) is 3.10. The zero-order valence-electron chi connectivity index (χ0n) is 8.92. The number of aromatic amines is 1. The summed E-state index contributed by atoms with van der Waals surface area (Å²) >= 11 is 1.15. The first-order valence-corrected chi connectivity index (χ1v) is 5.56. The number of aromatic nitrogens is 1. The number of benzene rings is 1. The van der Waals surface area contributed by atoms with E-state index in [2.05, 4.69) is 25.8 Å². The number of hydrogen-bond acceptors (Lipinski definition) is 3. The fraction of sp³-hybridized carbons (Fsp3) is 0.364. The Morgan fingerprint density at radius 2 is 2.00 bits per heavy atom. The molecule has 2 N–H and O–H groups in total. The number of H-pyrrole nitrogens is 1. The molecular formula is C11H13NO2S. The summed E-state index contributed by atoms with van der Waals surface area (Å²) in [6, 6.07) is 3.51. The quantitative estimate of drug-likeness (QED) is 0.721. The van der Waals surface area contributed by atoms with Crippen LogP contribution in [-0.4, -0.2) is 10.1 Å². The third-order valence-corrected chi connectivity index (χ3v) is 3.28. The molecule has 0 saturated carbocycles. The molecule has 2 aromatic rings. The lowest BCUT2D eigenvalue weighted by Gasteiger charge is -2.19. The van der Waals surface area contributed by atoms with Crippen LogP contribution in [0.3, 0.4) is 0 Å². The van der Waals surface area contributed by atoms with Gasteiger partial charge in [0.05, 0.1) is 4.70 Å². The van der Waals surface area contributed by atoms with Crippen LogP contribution in [0.2, 0.25) is 0 Å². The first-order chi connectivity index (χ1) is 6.89. The molecule has 80 valence electrons. The minimum absolute atomic E-state index is 0.0307. The predicted molar refractivity (Wildman–Crippen MR) is 62.8 cm³/mol. The molecule has 0 spiro atoms. The maximum absolute atomic E-state index is 11.3. The molecule has 0 aliphatic rings. The zero-order chi connectivity index (χ0) is 11.2. The van der Waals surface area contributed by atoms with E-state index >= 15 is 0 Å². The molecule has 0 saturated heterocycles. The molecule has 1 heterocycles. The van der Waals surface area contributed by atoms with Gasteiger partial charge in [-0.25, -0.2) is 0 Å². The van der Waals surface area contributed by atoms with Crippen LogP contribution in [0, 0.1) is 0 Å². The van der Waals surface area contributed by atoms with Crippen LogP contribution in [-0.2, 0) is 5.41 Å². The van der Waals surface area contributed by atoms with Crippen LogP contribution < -0.4 is 4.87 Å². The average Bonchev–Trinajstić information content (AvgIpc) is 2.45. The van der Waals surface area contributed by atoms with Gasteiger partial charge in [-0.05, 0) is 17.0 Å². The Kier molecular flexibility index (Phi) is 2.12. The van der Waals surface area contributed by atoms with E-state index in [1.54, 1.807) is 6.07 Å². The van der Waals surface area contributed by atoms with Crippen molar-refractivity contribution in [1.29, 1.82) is 0 Å². The molecule has 3 nitrogen and oxygen atoms in total. The van der Waals surface area contributed by atoms with E-state index in [4.69, 9.17) is 0 Å². The molecule has 2 rings (SSSR count). The monoisotopic (exact) mass is 223 g/mol. The molecule has 0 aliphatic carbocycles. The van der Waals surface area contributed by atoms with E-state index in [-0.39, 0.29) is 16.0 Å². The predicted octanol–water partition coefficient (Wildman–Crippen LogP) is 2.59. The van der Waals surface area contributed by atoms with Gasteiger partial charge in [-0.2, -0.15) is 0 Å². The summed E-state index contributed by atoms with van der Waals surface area (Å²) in [6.07, 6.45) is 0. The van der Waals surface area contributed by atoms with Gasteiger partial charge in [-0.3, -0.25) is 4.79 Å². The standard InChI is InChI=1S/C11H13NO2S/c1-11(2,3)6-4-5-7(13)8-9(6)15-10(14)12-8/h4-5,13H,1-3H3,(H,12,14). The summed E-state index contributed by atoms with van der Waals surface area (Å²) in [6.45, 7) is 6.26. The van der Waals surface area contributed by atoms with Crippen molar-refractivity contribution in [2.24, 2.45) is 0 Å². The number of aromatic hydroxyl groups is 1. The maximum atomic E-state index is 11.3. The first kappa shape index (κ1) is 10.2. The van der Waals surface area contributed by atoms with Crippen LogP contribution in [0.4, 0.5) is 0 Å². The summed E-state index contributed by atoms with van der Waals surface area (Å²) in [5, 5.41) is 9.61. The molecule has 0 radical (unpaired) electrons. The van der Waals surface area contributed by atoms with Gasteiger partial charge in [0.2, 0.25) is 0 Å².